The molecule has 2 aromatic rings. The van der Waals surface area contributed by atoms with Crippen molar-refractivity contribution in [3.63, 3.8) is 0 Å². The second kappa shape index (κ2) is 8.33. The van der Waals surface area contributed by atoms with E-state index in [1.165, 1.54) is 27.5 Å². The van der Waals surface area contributed by atoms with Gasteiger partial charge in [-0.05, 0) is 24.3 Å². The Balaban J connectivity index is 1.66. The van der Waals surface area contributed by atoms with Gasteiger partial charge in [0, 0.05) is 17.1 Å². The Morgan fingerprint density at radius 1 is 1.42 bits per heavy atom. The molecule has 1 aromatic carbocycles. The molecular formula is C16H16ClN5O3S. The molecule has 2 heterocycles. The molecule has 0 spiro atoms. The van der Waals surface area contributed by atoms with E-state index in [2.05, 4.69) is 15.4 Å². The molecule has 0 saturated carbocycles. The van der Waals surface area contributed by atoms with Gasteiger partial charge < -0.3 is 9.64 Å². The fraction of sp³-hybridized carbons (Fsp3) is 0.312. The monoisotopic (exact) mass is 393 g/mol. The van der Waals surface area contributed by atoms with Crippen molar-refractivity contribution < 1.29 is 14.3 Å². The maximum absolute atomic E-state index is 12.0. The van der Waals surface area contributed by atoms with Gasteiger partial charge in [0.25, 0.3) is 0 Å². The van der Waals surface area contributed by atoms with Crippen molar-refractivity contribution in [2.75, 3.05) is 18.9 Å². The number of ether oxygens (including phenoxy) is 1. The van der Waals surface area contributed by atoms with Crippen LogP contribution < -0.4 is 0 Å². The van der Waals surface area contributed by atoms with Crippen LogP contribution in [0.2, 0.25) is 5.02 Å². The molecule has 0 radical (unpaired) electrons. The molecule has 0 bridgehead atoms. The maximum atomic E-state index is 12.0. The molecule has 136 valence electrons. The summed E-state index contributed by atoms with van der Waals surface area (Å²) in [4.78, 5) is 26.6. The second-order valence-electron chi connectivity index (χ2n) is 5.29. The van der Waals surface area contributed by atoms with Gasteiger partial charge in [0.05, 0.1) is 30.0 Å². The first-order valence-corrected chi connectivity index (χ1v) is 9.28. The van der Waals surface area contributed by atoms with E-state index in [9.17, 15) is 9.59 Å². The normalized spacial score (nSPS) is 15.7. The molecule has 1 aliphatic heterocycles. The third kappa shape index (κ3) is 4.41. The summed E-state index contributed by atoms with van der Waals surface area (Å²) in [5, 5.41) is 13.5. The van der Waals surface area contributed by atoms with Crippen LogP contribution in [0.5, 0.6) is 0 Å². The van der Waals surface area contributed by atoms with Gasteiger partial charge in [0.15, 0.2) is 0 Å². The maximum Gasteiger partial charge on any atom is 0.333 e. The third-order valence-corrected chi connectivity index (χ3v) is 4.76. The van der Waals surface area contributed by atoms with Gasteiger partial charge in [-0.1, -0.05) is 35.5 Å². The van der Waals surface area contributed by atoms with E-state index >= 15 is 0 Å². The van der Waals surface area contributed by atoms with Crippen LogP contribution in [0, 0.1) is 0 Å². The van der Waals surface area contributed by atoms with Crippen molar-refractivity contribution in [3.8, 4) is 11.4 Å². The highest BCUT2D eigenvalue weighted by Crippen LogP contribution is 2.28. The largest absolute Gasteiger partial charge is 0.463 e. The van der Waals surface area contributed by atoms with Crippen molar-refractivity contribution in [2.24, 2.45) is 0 Å². The number of carbonyl (C=O) groups is 2. The van der Waals surface area contributed by atoms with Crippen molar-refractivity contribution >= 4 is 35.2 Å². The molecule has 0 unspecified atom stereocenters. The highest BCUT2D eigenvalue weighted by molar-refractivity contribution is 8.04. The summed E-state index contributed by atoms with van der Waals surface area (Å²) >= 11 is 7.28. The minimum absolute atomic E-state index is 0.0688. The van der Waals surface area contributed by atoms with Crippen LogP contribution in [0.15, 0.2) is 35.4 Å². The minimum Gasteiger partial charge on any atom is -0.463 e. The standard InChI is InChI=1S/C16H16ClN5O3S/c1-2-25-15(24)9-14-21(13(23)10-26-14)6-7-22-19-16(18-20-22)11-4-3-5-12(17)8-11/h3-5,8-9H,2,6-7,10H2,1H3/b14-9-. The minimum atomic E-state index is -0.461. The number of esters is 1. The molecule has 10 heteroatoms. The Kier molecular flexibility index (Phi) is 5.89. The molecule has 0 atom stereocenters. The average molecular weight is 394 g/mol. The lowest BCUT2D eigenvalue weighted by atomic mass is 10.2. The fourth-order valence-corrected chi connectivity index (χ4v) is 3.47. The van der Waals surface area contributed by atoms with Gasteiger partial charge in [-0.15, -0.1) is 10.2 Å². The van der Waals surface area contributed by atoms with Gasteiger partial charge in [-0.25, -0.2) is 4.79 Å². The number of benzene rings is 1. The number of nitrogens with zero attached hydrogens (tertiary/aromatic N) is 5. The lowest BCUT2D eigenvalue weighted by molar-refractivity contribution is -0.137. The topological polar surface area (TPSA) is 90.2 Å². The van der Waals surface area contributed by atoms with Crippen LogP contribution in [-0.2, 0) is 20.9 Å². The van der Waals surface area contributed by atoms with Crippen LogP contribution in [0.4, 0.5) is 0 Å². The van der Waals surface area contributed by atoms with Gasteiger partial charge in [0.2, 0.25) is 11.7 Å². The van der Waals surface area contributed by atoms with Gasteiger partial charge >= 0.3 is 5.97 Å². The molecule has 1 aliphatic rings. The zero-order valence-corrected chi connectivity index (χ0v) is 15.5. The predicted molar refractivity (Wildman–Crippen MR) is 97.2 cm³/mol. The van der Waals surface area contributed by atoms with Crippen LogP contribution in [0.3, 0.4) is 0 Å². The van der Waals surface area contributed by atoms with Crippen molar-refractivity contribution in [2.45, 2.75) is 13.5 Å². The van der Waals surface area contributed by atoms with Gasteiger partial charge in [-0.2, -0.15) is 4.80 Å². The molecule has 1 saturated heterocycles. The summed E-state index contributed by atoms with van der Waals surface area (Å²) in [6.45, 7) is 2.70. The van der Waals surface area contributed by atoms with Crippen LogP contribution in [0.1, 0.15) is 6.92 Å². The van der Waals surface area contributed by atoms with E-state index < -0.39 is 5.97 Å². The van der Waals surface area contributed by atoms with Crippen LogP contribution in [0.25, 0.3) is 11.4 Å². The molecule has 1 amide bonds. The number of hydrogen-bond acceptors (Lipinski definition) is 7. The Hall–Kier alpha value is -2.39. The molecule has 0 N–H and O–H groups in total. The lowest BCUT2D eigenvalue weighted by Gasteiger charge is -2.16. The smallest absolute Gasteiger partial charge is 0.333 e. The predicted octanol–water partition coefficient (Wildman–Crippen LogP) is 1.97. The van der Waals surface area contributed by atoms with E-state index in [0.29, 0.717) is 34.7 Å². The number of tetrazole rings is 1. The van der Waals surface area contributed by atoms with Gasteiger partial charge in [0.1, 0.15) is 0 Å². The molecule has 0 aliphatic carbocycles. The Bertz CT molecular complexity index is 854. The number of halogens is 1. The van der Waals surface area contributed by atoms with Crippen molar-refractivity contribution in [3.05, 3.63) is 40.4 Å². The summed E-state index contributed by atoms with van der Waals surface area (Å²) in [5.41, 5.74) is 0.763. The highest BCUT2D eigenvalue weighted by atomic mass is 35.5. The number of rotatable bonds is 6. The van der Waals surface area contributed by atoms with E-state index in [1.807, 2.05) is 12.1 Å². The van der Waals surface area contributed by atoms with Crippen LogP contribution >= 0.6 is 23.4 Å². The van der Waals surface area contributed by atoms with E-state index in [1.54, 1.807) is 19.1 Å². The molecule has 3 rings (SSSR count). The average Bonchev–Trinajstić information content (AvgIpc) is 3.21. The molecule has 26 heavy (non-hydrogen) atoms. The summed E-state index contributed by atoms with van der Waals surface area (Å²) in [6.07, 6.45) is 1.34. The first kappa shape index (κ1) is 18.4. The van der Waals surface area contributed by atoms with Crippen LogP contribution in [-0.4, -0.2) is 55.9 Å². The Morgan fingerprint density at radius 3 is 3.04 bits per heavy atom. The summed E-state index contributed by atoms with van der Waals surface area (Å²) in [5.74, 6) is 0.221. The Labute approximate surface area is 159 Å². The summed E-state index contributed by atoms with van der Waals surface area (Å²) < 4.78 is 4.89. The van der Waals surface area contributed by atoms with Gasteiger partial charge in [-0.3, -0.25) is 4.79 Å². The number of thioether (sulfide) groups is 1. The zero-order valence-electron chi connectivity index (χ0n) is 14.0. The number of aromatic nitrogens is 4. The molecule has 8 nitrogen and oxygen atoms in total. The summed E-state index contributed by atoms with van der Waals surface area (Å²) in [6, 6.07) is 7.17. The number of carbonyl (C=O) groups excluding carboxylic acids is 2. The lowest BCUT2D eigenvalue weighted by Crippen LogP contribution is -2.29. The Morgan fingerprint density at radius 2 is 2.27 bits per heavy atom. The fourth-order valence-electron chi connectivity index (χ4n) is 2.32. The first-order valence-electron chi connectivity index (χ1n) is 7.92. The quantitative estimate of drug-likeness (QED) is 0.547. The zero-order chi connectivity index (χ0) is 18.5. The SMILES string of the molecule is CCOC(=O)/C=C1\SCC(=O)N1CCn1nnc(-c2cccc(Cl)c2)n1. The van der Waals surface area contributed by atoms with Crippen molar-refractivity contribution in [1.82, 2.24) is 25.1 Å². The first-order chi connectivity index (χ1) is 12.6. The summed E-state index contributed by atoms with van der Waals surface area (Å²) in [7, 11) is 0. The van der Waals surface area contributed by atoms with E-state index in [0.717, 1.165) is 5.56 Å². The third-order valence-electron chi connectivity index (χ3n) is 3.50. The van der Waals surface area contributed by atoms with Crippen molar-refractivity contribution in [1.29, 1.82) is 0 Å². The molecule has 1 aromatic heterocycles. The highest BCUT2D eigenvalue weighted by Gasteiger charge is 2.27. The van der Waals surface area contributed by atoms with E-state index in [4.69, 9.17) is 16.3 Å². The molecular weight excluding hydrogens is 378 g/mol. The second-order valence-corrected chi connectivity index (χ2v) is 6.72. The molecule has 1 fully saturated rings. The van der Waals surface area contributed by atoms with E-state index in [-0.39, 0.29) is 12.5 Å². The number of amides is 1. The number of hydrogen-bond donors (Lipinski definition) is 0.